The number of nitrogens with two attached hydrogens (primary N) is 1. The molecule has 0 fully saturated rings. The van der Waals surface area contributed by atoms with E-state index in [2.05, 4.69) is 0 Å². The SMILES string of the molecule is NC(=O)/C=C/c1cc([N+](=O)[O-])c(Cl)cc1O. The maximum Gasteiger partial charge on any atom is 0.288 e. The highest BCUT2D eigenvalue weighted by Crippen LogP contribution is 2.32. The van der Waals surface area contributed by atoms with Crippen molar-refractivity contribution in [1.29, 1.82) is 0 Å². The molecule has 0 aromatic heterocycles. The lowest BCUT2D eigenvalue weighted by Crippen LogP contribution is -2.05. The Morgan fingerprint density at radius 1 is 1.56 bits per heavy atom. The van der Waals surface area contributed by atoms with E-state index >= 15 is 0 Å². The lowest BCUT2D eigenvalue weighted by Gasteiger charge is -2.00. The number of hydrogen-bond donors (Lipinski definition) is 2. The van der Waals surface area contributed by atoms with E-state index in [1.807, 2.05) is 0 Å². The molecule has 0 atom stereocenters. The van der Waals surface area contributed by atoms with E-state index in [4.69, 9.17) is 17.3 Å². The third-order valence-electron chi connectivity index (χ3n) is 1.72. The summed E-state index contributed by atoms with van der Waals surface area (Å²) < 4.78 is 0. The monoisotopic (exact) mass is 242 g/mol. The van der Waals surface area contributed by atoms with Gasteiger partial charge in [-0.15, -0.1) is 0 Å². The third-order valence-corrected chi connectivity index (χ3v) is 2.02. The maximum atomic E-state index is 10.5. The van der Waals surface area contributed by atoms with E-state index in [0.717, 1.165) is 18.2 Å². The molecule has 0 spiro atoms. The summed E-state index contributed by atoms with van der Waals surface area (Å²) in [4.78, 5) is 20.3. The largest absolute Gasteiger partial charge is 0.507 e. The van der Waals surface area contributed by atoms with Gasteiger partial charge in [-0.2, -0.15) is 0 Å². The molecule has 0 unspecified atom stereocenters. The van der Waals surface area contributed by atoms with Gasteiger partial charge >= 0.3 is 0 Å². The molecular weight excluding hydrogens is 236 g/mol. The number of halogens is 1. The molecule has 7 heteroatoms. The van der Waals surface area contributed by atoms with Gasteiger partial charge in [-0.05, 0) is 6.08 Å². The summed E-state index contributed by atoms with van der Waals surface area (Å²) in [6.45, 7) is 0. The van der Waals surface area contributed by atoms with Crippen LogP contribution in [0.15, 0.2) is 18.2 Å². The number of amides is 1. The quantitative estimate of drug-likeness (QED) is 0.475. The van der Waals surface area contributed by atoms with Gasteiger partial charge in [0.2, 0.25) is 5.91 Å². The summed E-state index contributed by atoms with van der Waals surface area (Å²) in [7, 11) is 0. The molecule has 0 saturated carbocycles. The van der Waals surface area contributed by atoms with Gasteiger partial charge < -0.3 is 10.8 Å². The summed E-state index contributed by atoms with van der Waals surface area (Å²) in [6, 6.07) is 2.08. The topological polar surface area (TPSA) is 106 Å². The van der Waals surface area contributed by atoms with Gasteiger partial charge in [0, 0.05) is 23.8 Å². The van der Waals surface area contributed by atoms with Crippen LogP contribution in [0.1, 0.15) is 5.56 Å². The van der Waals surface area contributed by atoms with Gasteiger partial charge in [-0.1, -0.05) is 11.6 Å². The van der Waals surface area contributed by atoms with Crippen LogP contribution in [0.2, 0.25) is 5.02 Å². The predicted molar refractivity (Wildman–Crippen MR) is 58.0 cm³/mol. The zero-order valence-corrected chi connectivity index (χ0v) is 8.64. The molecule has 0 aliphatic heterocycles. The molecule has 6 nitrogen and oxygen atoms in total. The van der Waals surface area contributed by atoms with Crippen molar-refractivity contribution >= 4 is 29.3 Å². The van der Waals surface area contributed by atoms with Gasteiger partial charge in [0.25, 0.3) is 5.69 Å². The van der Waals surface area contributed by atoms with Crippen molar-refractivity contribution < 1.29 is 14.8 Å². The Morgan fingerprint density at radius 2 is 2.19 bits per heavy atom. The highest BCUT2D eigenvalue weighted by molar-refractivity contribution is 6.32. The number of phenols is 1. The molecule has 0 saturated heterocycles. The molecule has 84 valence electrons. The molecular formula is C9H7ClN2O4. The van der Waals surface area contributed by atoms with E-state index in [-0.39, 0.29) is 22.0 Å². The molecule has 0 heterocycles. The maximum absolute atomic E-state index is 10.5. The predicted octanol–water partition coefficient (Wildman–Crippen LogP) is 1.45. The molecule has 16 heavy (non-hydrogen) atoms. The first-order chi connectivity index (χ1) is 7.41. The molecule has 0 radical (unpaired) electrons. The summed E-state index contributed by atoms with van der Waals surface area (Å²) >= 11 is 5.54. The number of hydrogen-bond acceptors (Lipinski definition) is 4. The number of aromatic hydroxyl groups is 1. The summed E-state index contributed by atoms with van der Waals surface area (Å²) in [5, 5.41) is 19.8. The minimum Gasteiger partial charge on any atom is -0.507 e. The van der Waals surface area contributed by atoms with Crippen LogP contribution in [0.3, 0.4) is 0 Å². The van der Waals surface area contributed by atoms with Crippen molar-refractivity contribution in [3.8, 4) is 5.75 Å². The standard InChI is InChI=1S/C9H7ClN2O4/c10-6-4-8(13)5(1-2-9(11)14)3-7(6)12(15)16/h1-4,13H,(H2,11,14)/b2-1+. The van der Waals surface area contributed by atoms with Crippen molar-refractivity contribution in [1.82, 2.24) is 0 Å². The normalized spacial score (nSPS) is 10.6. The van der Waals surface area contributed by atoms with Crippen LogP contribution in [0.5, 0.6) is 5.75 Å². The Balaban J connectivity index is 3.25. The van der Waals surface area contributed by atoms with Crippen molar-refractivity contribution in [2.45, 2.75) is 0 Å². The van der Waals surface area contributed by atoms with Crippen LogP contribution in [0.4, 0.5) is 5.69 Å². The number of carbonyl (C=O) groups excluding carboxylic acids is 1. The molecule has 3 N–H and O–H groups in total. The van der Waals surface area contributed by atoms with Gasteiger partial charge in [0.05, 0.1) is 4.92 Å². The Kier molecular flexibility index (Phi) is 3.47. The number of nitro benzene ring substituents is 1. The van der Waals surface area contributed by atoms with E-state index in [9.17, 15) is 20.0 Å². The molecule has 0 aliphatic carbocycles. The first-order valence-electron chi connectivity index (χ1n) is 4.06. The summed E-state index contributed by atoms with van der Waals surface area (Å²) in [5.74, 6) is -0.995. The van der Waals surface area contributed by atoms with E-state index in [1.165, 1.54) is 6.08 Å². The number of primary amides is 1. The number of rotatable bonds is 3. The van der Waals surface area contributed by atoms with Gasteiger partial charge in [0.15, 0.2) is 0 Å². The van der Waals surface area contributed by atoms with Crippen LogP contribution < -0.4 is 5.73 Å². The molecule has 1 amide bonds. The lowest BCUT2D eigenvalue weighted by atomic mass is 10.1. The third kappa shape index (κ3) is 2.71. The molecule has 0 bridgehead atoms. The number of benzene rings is 1. The average molecular weight is 243 g/mol. The van der Waals surface area contributed by atoms with E-state index in [1.54, 1.807) is 0 Å². The molecule has 0 aliphatic rings. The number of nitro groups is 1. The number of carbonyl (C=O) groups is 1. The zero-order chi connectivity index (χ0) is 12.3. The van der Waals surface area contributed by atoms with Crippen molar-refractivity contribution in [3.63, 3.8) is 0 Å². The van der Waals surface area contributed by atoms with Crippen molar-refractivity contribution in [2.75, 3.05) is 0 Å². The molecule has 1 aromatic rings. The van der Waals surface area contributed by atoms with Crippen molar-refractivity contribution in [2.24, 2.45) is 5.73 Å². The van der Waals surface area contributed by atoms with Crippen LogP contribution in [0.25, 0.3) is 6.08 Å². The van der Waals surface area contributed by atoms with Crippen LogP contribution in [0, 0.1) is 10.1 Å². The fourth-order valence-electron chi connectivity index (χ4n) is 1.01. The Labute approximate surface area is 95.1 Å². The minimum atomic E-state index is -0.725. The van der Waals surface area contributed by atoms with Gasteiger partial charge in [0.1, 0.15) is 10.8 Å². The second-order valence-corrected chi connectivity index (χ2v) is 3.26. The summed E-state index contributed by atoms with van der Waals surface area (Å²) in [5.41, 5.74) is 4.59. The number of nitrogens with zero attached hydrogens (tertiary/aromatic N) is 1. The minimum absolute atomic E-state index is 0.0925. The van der Waals surface area contributed by atoms with E-state index in [0.29, 0.717) is 0 Å². The fourth-order valence-corrected chi connectivity index (χ4v) is 1.24. The van der Waals surface area contributed by atoms with Gasteiger partial charge in [-0.25, -0.2) is 0 Å². The van der Waals surface area contributed by atoms with Gasteiger partial charge in [-0.3, -0.25) is 14.9 Å². The van der Waals surface area contributed by atoms with E-state index < -0.39 is 10.8 Å². The first kappa shape index (κ1) is 12.0. The molecule has 1 rings (SSSR count). The summed E-state index contributed by atoms with van der Waals surface area (Å²) in [6.07, 6.45) is 2.15. The van der Waals surface area contributed by atoms with Crippen LogP contribution in [-0.4, -0.2) is 15.9 Å². The highest BCUT2D eigenvalue weighted by Gasteiger charge is 2.15. The Hall–Kier alpha value is -2.08. The lowest BCUT2D eigenvalue weighted by molar-refractivity contribution is -0.384. The highest BCUT2D eigenvalue weighted by atomic mass is 35.5. The molecule has 1 aromatic carbocycles. The van der Waals surface area contributed by atoms with Crippen LogP contribution >= 0.6 is 11.6 Å². The fraction of sp³-hybridized carbons (Fsp3) is 0. The van der Waals surface area contributed by atoms with Crippen LogP contribution in [-0.2, 0) is 4.79 Å². The second kappa shape index (κ2) is 4.63. The Bertz CT molecular complexity index is 485. The average Bonchev–Trinajstić information content (AvgIpc) is 2.15. The number of phenolic OH excluding ortho intramolecular Hbond substituents is 1. The zero-order valence-electron chi connectivity index (χ0n) is 7.88. The first-order valence-corrected chi connectivity index (χ1v) is 4.44. The smallest absolute Gasteiger partial charge is 0.288 e. The Morgan fingerprint density at radius 3 is 2.69 bits per heavy atom. The second-order valence-electron chi connectivity index (χ2n) is 2.86. The van der Waals surface area contributed by atoms with Crippen molar-refractivity contribution in [3.05, 3.63) is 38.9 Å².